The number of rotatable bonds is 3. The highest BCUT2D eigenvalue weighted by Crippen LogP contribution is 2.25. The molecule has 0 N–H and O–H groups in total. The second kappa shape index (κ2) is 6.61. The molecule has 2 rings (SSSR count). The first kappa shape index (κ1) is 17.9. The quantitative estimate of drug-likeness (QED) is 0.849. The van der Waals surface area contributed by atoms with Crippen molar-refractivity contribution in [1.29, 1.82) is 0 Å². The molecule has 6 heteroatoms. The summed E-state index contributed by atoms with van der Waals surface area (Å²) in [5.41, 5.74) is 1.10. The van der Waals surface area contributed by atoms with Gasteiger partial charge in [0.15, 0.2) is 0 Å². The van der Waals surface area contributed by atoms with Gasteiger partial charge in [0.2, 0.25) is 15.9 Å². The van der Waals surface area contributed by atoms with E-state index in [1.807, 2.05) is 19.1 Å². The standard InChI is InChI=1S/C17H26N2O3S/c1-5-16(20)18-10-12-19(13-11-18)23(21,22)15-8-6-14(7-9-15)17(2,3)4/h6-9H,5,10-13H2,1-4H3. The van der Waals surface area contributed by atoms with Crippen LogP contribution >= 0.6 is 0 Å². The molecule has 0 aromatic heterocycles. The molecular formula is C17H26N2O3S. The third-order valence-corrected chi connectivity index (χ3v) is 6.16. The van der Waals surface area contributed by atoms with Crippen molar-refractivity contribution in [3.8, 4) is 0 Å². The molecule has 1 aromatic rings. The van der Waals surface area contributed by atoms with Gasteiger partial charge in [-0.25, -0.2) is 8.42 Å². The summed E-state index contributed by atoms with van der Waals surface area (Å²) in [6.45, 7) is 9.76. The lowest BCUT2D eigenvalue weighted by molar-refractivity contribution is -0.132. The van der Waals surface area contributed by atoms with Gasteiger partial charge in [0, 0.05) is 32.6 Å². The molecule has 1 saturated heterocycles. The van der Waals surface area contributed by atoms with Crippen molar-refractivity contribution in [3.05, 3.63) is 29.8 Å². The Morgan fingerprint density at radius 3 is 2.00 bits per heavy atom. The molecule has 0 bridgehead atoms. The minimum Gasteiger partial charge on any atom is -0.340 e. The summed E-state index contributed by atoms with van der Waals surface area (Å²) in [5.74, 6) is 0.0802. The highest BCUT2D eigenvalue weighted by molar-refractivity contribution is 7.89. The molecule has 23 heavy (non-hydrogen) atoms. The summed E-state index contributed by atoms with van der Waals surface area (Å²) in [6, 6.07) is 7.12. The highest BCUT2D eigenvalue weighted by Gasteiger charge is 2.29. The molecule has 5 nitrogen and oxygen atoms in total. The number of hydrogen-bond donors (Lipinski definition) is 0. The number of benzene rings is 1. The maximum atomic E-state index is 12.7. The number of carbonyl (C=O) groups is 1. The molecular weight excluding hydrogens is 312 g/mol. The van der Waals surface area contributed by atoms with E-state index in [2.05, 4.69) is 20.8 Å². The van der Waals surface area contributed by atoms with Crippen LogP contribution in [-0.4, -0.2) is 49.7 Å². The zero-order valence-electron chi connectivity index (χ0n) is 14.4. The first-order valence-corrected chi connectivity index (χ1v) is 9.48. The number of sulfonamides is 1. The van der Waals surface area contributed by atoms with E-state index >= 15 is 0 Å². The van der Waals surface area contributed by atoms with E-state index in [0.29, 0.717) is 37.5 Å². The van der Waals surface area contributed by atoms with Crippen LogP contribution in [0.25, 0.3) is 0 Å². The van der Waals surface area contributed by atoms with Gasteiger partial charge in [0.25, 0.3) is 0 Å². The van der Waals surface area contributed by atoms with Gasteiger partial charge in [0.1, 0.15) is 0 Å². The molecule has 1 fully saturated rings. The summed E-state index contributed by atoms with van der Waals surface area (Å²) in [5, 5.41) is 0. The van der Waals surface area contributed by atoms with E-state index in [-0.39, 0.29) is 11.3 Å². The minimum atomic E-state index is -3.48. The smallest absolute Gasteiger partial charge is 0.243 e. The summed E-state index contributed by atoms with van der Waals surface area (Å²) in [4.78, 5) is 13.7. The predicted molar refractivity (Wildman–Crippen MR) is 90.8 cm³/mol. The van der Waals surface area contributed by atoms with Crippen molar-refractivity contribution >= 4 is 15.9 Å². The molecule has 0 saturated carbocycles. The molecule has 0 unspecified atom stereocenters. The van der Waals surface area contributed by atoms with Crippen LogP contribution in [0.15, 0.2) is 29.2 Å². The van der Waals surface area contributed by atoms with Crippen LogP contribution < -0.4 is 0 Å². The highest BCUT2D eigenvalue weighted by atomic mass is 32.2. The van der Waals surface area contributed by atoms with Gasteiger partial charge in [-0.1, -0.05) is 39.8 Å². The van der Waals surface area contributed by atoms with E-state index in [0.717, 1.165) is 5.56 Å². The molecule has 1 amide bonds. The van der Waals surface area contributed by atoms with Gasteiger partial charge in [0.05, 0.1) is 4.90 Å². The summed E-state index contributed by atoms with van der Waals surface area (Å²) in [6.07, 6.45) is 0.459. The molecule has 0 aliphatic carbocycles. The second-order valence-corrected chi connectivity index (χ2v) is 8.85. The fraction of sp³-hybridized carbons (Fsp3) is 0.588. The average Bonchev–Trinajstić information content (AvgIpc) is 2.53. The van der Waals surface area contributed by atoms with Gasteiger partial charge in [-0.3, -0.25) is 4.79 Å². The molecule has 128 valence electrons. The third-order valence-electron chi connectivity index (χ3n) is 4.25. The fourth-order valence-corrected chi connectivity index (χ4v) is 4.10. The number of nitrogens with zero attached hydrogens (tertiary/aromatic N) is 2. The lowest BCUT2D eigenvalue weighted by Gasteiger charge is -2.34. The molecule has 1 aliphatic rings. The molecule has 0 radical (unpaired) electrons. The van der Waals surface area contributed by atoms with Gasteiger partial charge in [-0.2, -0.15) is 4.31 Å². The number of amides is 1. The summed E-state index contributed by atoms with van der Waals surface area (Å²) in [7, 11) is -3.48. The molecule has 0 spiro atoms. The Kier molecular flexibility index (Phi) is 5.16. The van der Waals surface area contributed by atoms with Crippen molar-refractivity contribution in [2.75, 3.05) is 26.2 Å². The first-order chi connectivity index (χ1) is 10.7. The van der Waals surface area contributed by atoms with E-state index in [4.69, 9.17) is 0 Å². The van der Waals surface area contributed by atoms with E-state index < -0.39 is 10.0 Å². The topological polar surface area (TPSA) is 57.7 Å². The Labute approximate surface area is 139 Å². The maximum Gasteiger partial charge on any atom is 0.243 e. The van der Waals surface area contributed by atoms with E-state index in [1.165, 1.54) is 4.31 Å². The Hall–Kier alpha value is -1.40. The van der Waals surface area contributed by atoms with E-state index in [1.54, 1.807) is 17.0 Å². The molecule has 1 aromatic carbocycles. The van der Waals surface area contributed by atoms with Crippen LogP contribution in [0.1, 0.15) is 39.7 Å². The predicted octanol–water partition coefficient (Wildman–Crippen LogP) is 2.23. The monoisotopic (exact) mass is 338 g/mol. The van der Waals surface area contributed by atoms with Crippen LogP contribution in [0.5, 0.6) is 0 Å². The van der Waals surface area contributed by atoms with Crippen LogP contribution in [0.3, 0.4) is 0 Å². The lowest BCUT2D eigenvalue weighted by Crippen LogP contribution is -2.50. The van der Waals surface area contributed by atoms with Crippen LogP contribution in [0.4, 0.5) is 0 Å². The van der Waals surface area contributed by atoms with Gasteiger partial charge < -0.3 is 4.90 Å². The lowest BCUT2D eigenvalue weighted by atomic mass is 9.87. The SMILES string of the molecule is CCC(=O)N1CCN(S(=O)(=O)c2ccc(C(C)(C)C)cc2)CC1. The number of carbonyl (C=O) groups excluding carboxylic acids is 1. The molecule has 0 atom stereocenters. The van der Waals surface area contributed by atoms with Crippen molar-refractivity contribution in [2.24, 2.45) is 0 Å². The summed E-state index contributed by atoms with van der Waals surface area (Å²) < 4.78 is 26.9. The Morgan fingerprint density at radius 1 is 1.04 bits per heavy atom. The second-order valence-electron chi connectivity index (χ2n) is 6.91. The zero-order valence-corrected chi connectivity index (χ0v) is 15.2. The third kappa shape index (κ3) is 3.93. The van der Waals surface area contributed by atoms with Crippen LogP contribution in [0, 0.1) is 0 Å². The fourth-order valence-electron chi connectivity index (χ4n) is 2.68. The van der Waals surface area contributed by atoms with Crippen molar-refractivity contribution < 1.29 is 13.2 Å². The normalized spacial score (nSPS) is 17.3. The van der Waals surface area contributed by atoms with Crippen molar-refractivity contribution in [2.45, 2.75) is 44.4 Å². The molecule has 1 aliphatic heterocycles. The Balaban J connectivity index is 2.12. The number of hydrogen-bond acceptors (Lipinski definition) is 3. The van der Waals surface area contributed by atoms with Crippen molar-refractivity contribution in [1.82, 2.24) is 9.21 Å². The number of piperazine rings is 1. The van der Waals surface area contributed by atoms with Crippen molar-refractivity contribution in [3.63, 3.8) is 0 Å². The maximum absolute atomic E-state index is 12.7. The largest absolute Gasteiger partial charge is 0.340 e. The first-order valence-electron chi connectivity index (χ1n) is 8.04. The Bertz CT molecular complexity index is 652. The average molecular weight is 338 g/mol. The van der Waals surface area contributed by atoms with Crippen LogP contribution in [0.2, 0.25) is 0 Å². The Morgan fingerprint density at radius 2 is 1.57 bits per heavy atom. The van der Waals surface area contributed by atoms with Gasteiger partial charge in [-0.15, -0.1) is 0 Å². The minimum absolute atomic E-state index is 0.00552. The zero-order chi connectivity index (χ0) is 17.3. The molecule has 1 heterocycles. The van der Waals surface area contributed by atoms with Gasteiger partial charge in [-0.05, 0) is 23.1 Å². The van der Waals surface area contributed by atoms with Crippen LogP contribution in [-0.2, 0) is 20.2 Å². The van der Waals surface area contributed by atoms with Gasteiger partial charge >= 0.3 is 0 Å². The summed E-state index contributed by atoms with van der Waals surface area (Å²) >= 11 is 0. The van der Waals surface area contributed by atoms with E-state index in [9.17, 15) is 13.2 Å².